The van der Waals surface area contributed by atoms with Gasteiger partial charge in [-0.2, -0.15) is 0 Å². The zero-order valence-electron chi connectivity index (χ0n) is 13.2. The molecule has 2 aromatic carbocycles. The fraction of sp³-hybridized carbons (Fsp3) is 0.278. The standard InChI is InChI=1S/C18H22N2O3/c1-2-20(12-13-21)17-10-8-16(9-11-17)19-18(22)23-14-15-6-4-3-5-7-15/h3-11,21H,2,12-14H2,1H3,(H,19,22). The number of anilines is 2. The number of carbonyl (C=O) groups excluding carboxylic acids is 1. The second-order valence-electron chi connectivity index (χ2n) is 5.04. The first-order valence-corrected chi connectivity index (χ1v) is 7.66. The van der Waals surface area contributed by atoms with Crippen LogP contribution in [-0.4, -0.2) is 30.9 Å². The van der Waals surface area contributed by atoms with Gasteiger partial charge in [-0.1, -0.05) is 30.3 Å². The van der Waals surface area contributed by atoms with E-state index in [1.54, 1.807) is 0 Å². The number of aliphatic hydroxyl groups is 1. The molecular weight excluding hydrogens is 292 g/mol. The van der Waals surface area contributed by atoms with Crippen LogP contribution in [0, 0.1) is 0 Å². The van der Waals surface area contributed by atoms with Crippen molar-refractivity contribution in [2.45, 2.75) is 13.5 Å². The zero-order chi connectivity index (χ0) is 16.5. The Morgan fingerprint density at radius 1 is 1.13 bits per heavy atom. The molecule has 0 aliphatic heterocycles. The van der Waals surface area contributed by atoms with E-state index in [1.807, 2.05) is 61.5 Å². The molecule has 5 heteroatoms. The van der Waals surface area contributed by atoms with Crippen molar-refractivity contribution in [3.63, 3.8) is 0 Å². The molecule has 0 atom stereocenters. The number of nitrogens with one attached hydrogen (secondary N) is 1. The van der Waals surface area contributed by atoms with E-state index in [4.69, 9.17) is 9.84 Å². The summed E-state index contributed by atoms with van der Waals surface area (Å²) in [6.07, 6.45) is -0.482. The topological polar surface area (TPSA) is 61.8 Å². The maximum Gasteiger partial charge on any atom is 0.411 e. The van der Waals surface area contributed by atoms with E-state index in [2.05, 4.69) is 10.2 Å². The SMILES string of the molecule is CCN(CCO)c1ccc(NC(=O)OCc2ccccc2)cc1. The number of amides is 1. The lowest BCUT2D eigenvalue weighted by Crippen LogP contribution is -2.26. The molecule has 0 radical (unpaired) electrons. The largest absolute Gasteiger partial charge is 0.444 e. The summed E-state index contributed by atoms with van der Waals surface area (Å²) in [7, 11) is 0. The first-order chi connectivity index (χ1) is 11.2. The number of carbonyl (C=O) groups is 1. The van der Waals surface area contributed by atoms with Gasteiger partial charge in [0.2, 0.25) is 0 Å². The highest BCUT2D eigenvalue weighted by molar-refractivity contribution is 5.84. The summed E-state index contributed by atoms with van der Waals surface area (Å²) in [5.74, 6) is 0. The first kappa shape index (κ1) is 16.8. The fourth-order valence-electron chi connectivity index (χ4n) is 2.22. The smallest absolute Gasteiger partial charge is 0.411 e. The minimum atomic E-state index is -0.482. The minimum Gasteiger partial charge on any atom is -0.444 e. The highest BCUT2D eigenvalue weighted by atomic mass is 16.5. The van der Waals surface area contributed by atoms with Crippen LogP contribution >= 0.6 is 0 Å². The predicted molar refractivity (Wildman–Crippen MR) is 91.7 cm³/mol. The molecule has 5 nitrogen and oxygen atoms in total. The number of likely N-dealkylation sites (N-methyl/N-ethyl adjacent to an activating group) is 1. The van der Waals surface area contributed by atoms with Crippen LogP contribution in [0.1, 0.15) is 12.5 Å². The summed E-state index contributed by atoms with van der Waals surface area (Å²) in [5, 5.41) is 11.7. The van der Waals surface area contributed by atoms with Gasteiger partial charge in [0.25, 0.3) is 0 Å². The van der Waals surface area contributed by atoms with Gasteiger partial charge in [0.15, 0.2) is 0 Å². The molecule has 0 unspecified atom stereocenters. The summed E-state index contributed by atoms with van der Waals surface area (Å²) in [4.78, 5) is 13.8. The van der Waals surface area contributed by atoms with Crippen molar-refractivity contribution in [3.05, 3.63) is 60.2 Å². The van der Waals surface area contributed by atoms with Crippen LogP contribution in [0.2, 0.25) is 0 Å². The third-order valence-corrected chi connectivity index (χ3v) is 3.44. The molecule has 122 valence electrons. The molecule has 0 aliphatic carbocycles. The van der Waals surface area contributed by atoms with Crippen molar-refractivity contribution in [2.24, 2.45) is 0 Å². The minimum absolute atomic E-state index is 0.111. The van der Waals surface area contributed by atoms with Crippen molar-refractivity contribution in [1.82, 2.24) is 0 Å². The summed E-state index contributed by atoms with van der Waals surface area (Å²) in [6.45, 7) is 3.78. The molecule has 1 amide bonds. The molecule has 0 saturated heterocycles. The predicted octanol–water partition coefficient (Wildman–Crippen LogP) is 3.25. The van der Waals surface area contributed by atoms with E-state index in [-0.39, 0.29) is 13.2 Å². The van der Waals surface area contributed by atoms with Crippen molar-refractivity contribution in [1.29, 1.82) is 0 Å². The number of rotatable bonds is 7. The maximum atomic E-state index is 11.8. The number of aliphatic hydroxyl groups excluding tert-OH is 1. The highest BCUT2D eigenvalue weighted by Crippen LogP contribution is 2.18. The summed E-state index contributed by atoms with van der Waals surface area (Å²) >= 11 is 0. The number of hydrogen-bond acceptors (Lipinski definition) is 4. The molecule has 0 heterocycles. The van der Waals surface area contributed by atoms with E-state index < -0.39 is 6.09 Å². The third kappa shape index (κ3) is 5.30. The number of ether oxygens (including phenoxy) is 1. The normalized spacial score (nSPS) is 10.2. The van der Waals surface area contributed by atoms with E-state index in [1.165, 1.54) is 0 Å². The van der Waals surface area contributed by atoms with E-state index in [0.717, 1.165) is 17.8 Å². The lowest BCUT2D eigenvalue weighted by molar-refractivity contribution is 0.155. The fourth-order valence-corrected chi connectivity index (χ4v) is 2.22. The van der Waals surface area contributed by atoms with E-state index in [9.17, 15) is 4.79 Å². The Hall–Kier alpha value is -2.53. The zero-order valence-corrected chi connectivity index (χ0v) is 13.2. The van der Waals surface area contributed by atoms with Crippen LogP contribution in [0.25, 0.3) is 0 Å². The molecular formula is C18H22N2O3. The van der Waals surface area contributed by atoms with Crippen LogP contribution in [-0.2, 0) is 11.3 Å². The summed E-state index contributed by atoms with van der Waals surface area (Å²) < 4.78 is 5.18. The van der Waals surface area contributed by atoms with Gasteiger partial charge >= 0.3 is 6.09 Å². The Kier molecular flexibility index (Phi) is 6.44. The lowest BCUT2D eigenvalue weighted by Gasteiger charge is -2.22. The number of nitrogens with zero attached hydrogens (tertiary/aromatic N) is 1. The second kappa shape index (κ2) is 8.80. The Morgan fingerprint density at radius 3 is 2.43 bits per heavy atom. The van der Waals surface area contributed by atoms with Gasteiger partial charge < -0.3 is 14.7 Å². The van der Waals surface area contributed by atoms with Gasteiger partial charge in [-0.3, -0.25) is 5.32 Å². The Bertz CT molecular complexity index is 599. The molecule has 0 spiro atoms. The molecule has 2 rings (SSSR count). The van der Waals surface area contributed by atoms with Crippen molar-refractivity contribution >= 4 is 17.5 Å². The third-order valence-electron chi connectivity index (χ3n) is 3.44. The van der Waals surface area contributed by atoms with E-state index >= 15 is 0 Å². The molecule has 2 N–H and O–H groups in total. The average molecular weight is 314 g/mol. The second-order valence-corrected chi connectivity index (χ2v) is 5.04. The Morgan fingerprint density at radius 2 is 1.83 bits per heavy atom. The molecule has 0 fully saturated rings. The molecule has 0 saturated carbocycles. The van der Waals surface area contributed by atoms with Gasteiger partial charge in [0.1, 0.15) is 6.61 Å². The number of benzene rings is 2. The van der Waals surface area contributed by atoms with Crippen LogP contribution < -0.4 is 10.2 Å². The van der Waals surface area contributed by atoms with Gasteiger partial charge in [-0.15, -0.1) is 0 Å². The van der Waals surface area contributed by atoms with Gasteiger partial charge in [-0.25, -0.2) is 4.79 Å². The van der Waals surface area contributed by atoms with Crippen molar-refractivity contribution < 1.29 is 14.6 Å². The molecule has 0 aliphatic rings. The quantitative estimate of drug-likeness (QED) is 0.823. The molecule has 0 bridgehead atoms. The van der Waals surface area contributed by atoms with Crippen LogP contribution in [0.4, 0.5) is 16.2 Å². The van der Waals surface area contributed by atoms with Gasteiger partial charge in [-0.05, 0) is 36.8 Å². The molecule has 2 aromatic rings. The monoisotopic (exact) mass is 314 g/mol. The lowest BCUT2D eigenvalue weighted by atomic mass is 10.2. The van der Waals surface area contributed by atoms with Crippen molar-refractivity contribution in [3.8, 4) is 0 Å². The molecule has 23 heavy (non-hydrogen) atoms. The number of hydrogen-bond donors (Lipinski definition) is 2. The average Bonchev–Trinajstić information content (AvgIpc) is 2.60. The Labute approximate surface area is 136 Å². The van der Waals surface area contributed by atoms with Gasteiger partial charge in [0, 0.05) is 24.5 Å². The maximum absolute atomic E-state index is 11.8. The Balaban J connectivity index is 1.86. The van der Waals surface area contributed by atoms with Crippen molar-refractivity contribution in [2.75, 3.05) is 29.9 Å². The summed E-state index contributed by atoms with van der Waals surface area (Å²) in [5.41, 5.74) is 2.62. The first-order valence-electron chi connectivity index (χ1n) is 7.66. The van der Waals surface area contributed by atoms with Crippen LogP contribution in [0.15, 0.2) is 54.6 Å². The van der Waals surface area contributed by atoms with Crippen LogP contribution in [0.5, 0.6) is 0 Å². The highest BCUT2D eigenvalue weighted by Gasteiger charge is 2.06. The summed E-state index contributed by atoms with van der Waals surface area (Å²) in [6, 6.07) is 17.0. The molecule has 0 aromatic heterocycles. The van der Waals surface area contributed by atoms with E-state index in [0.29, 0.717) is 12.2 Å². The van der Waals surface area contributed by atoms with Gasteiger partial charge in [0.05, 0.1) is 6.61 Å². The van der Waals surface area contributed by atoms with Crippen LogP contribution in [0.3, 0.4) is 0 Å².